The minimum Gasteiger partial charge on any atom is -0.434 e. The Morgan fingerprint density at radius 3 is 2.68 bits per heavy atom. The average Bonchev–Trinajstić information content (AvgIpc) is 3.17. The van der Waals surface area contributed by atoms with Crippen molar-refractivity contribution >= 4 is 17.5 Å². The van der Waals surface area contributed by atoms with Gasteiger partial charge in [0, 0.05) is 17.8 Å². The Bertz CT molecular complexity index is 464. The number of ether oxygens (including phenoxy) is 1. The van der Waals surface area contributed by atoms with Crippen molar-refractivity contribution in [1.29, 1.82) is 0 Å². The smallest absolute Gasteiger partial charge is 0.387 e. The fraction of sp³-hybridized carbons (Fsp3) is 0.462. The maximum absolute atomic E-state index is 12.2. The first-order chi connectivity index (χ1) is 9.06. The summed E-state index contributed by atoms with van der Waals surface area (Å²) in [5.74, 6) is -0.0546. The van der Waals surface area contributed by atoms with Crippen molar-refractivity contribution < 1.29 is 18.3 Å². The molecule has 0 atom stereocenters. The van der Waals surface area contributed by atoms with Crippen LogP contribution in [0.5, 0.6) is 5.75 Å². The lowest BCUT2D eigenvalue weighted by molar-refractivity contribution is -0.0501. The van der Waals surface area contributed by atoms with E-state index in [2.05, 4.69) is 10.1 Å². The van der Waals surface area contributed by atoms with Crippen LogP contribution in [0.3, 0.4) is 0 Å². The second-order valence-corrected chi connectivity index (χ2v) is 4.96. The van der Waals surface area contributed by atoms with Gasteiger partial charge in [-0.05, 0) is 25.0 Å². The first-order valence-corrected chi connectivity index (χ1v) is 6.48. The van der Waals surface area contributed by atoms with E-state index in [4.69, 9.17) is 11.6 Å². The van der Waals surface area contributed by atoms with Gasteiger partial charge in [0.2, 0.25) is 0 Å². The normalized spacial score (nSPS) is 16.2. The maximum atomic E-state index is 12.2. The summed E-state index contributed by atoms with van der Waals surface area (Å²) in [6.45, 7) is -2.50. The fourth-order valence-electron chi connectivity index (χ4n) is 1.75. The number of carbonyl (C=O) groups excluding carboxylic acids is 1. The highest BCUT2D eigenvalue weighted by Crippen LogP contribution is 2.45. The molecule has 0 bridgehead atoms. The minimum atomic E-state index is -2.95. The second kappa shape index (κ2) is 5.74. The summed E-state index contributed by atoms with van der Waals surface area (Å²) >= 11 is 5.81. The number of alkyl halides is 3. The number of amides is 1. The molecule has 1 aliphatic rings. The molecule has 0 aromatic heterocycles. The molecule has 0 saturated heterocycles. The van der Waals surface area contributed by atoms with Gasteiger partial charge < -0.3 is 10.1 Å². The monoisotopic (exact) mass is 289 g/mol. The van der Waals surface area contributed by atoms with Crippen LogP contribution in [-0.2, 0) is 0 Å². The van der Waals surface area contributed by atoms with Crippen LogP contribution in [-0.4, -0.2) is 24.9 Å². The predicted molar refractivity (Wildman–Crippen MR) is 67.8 cm³/mol. The van der Waals surface area contributed by atoms with E-state index in [1.165, 1.54) is 18.2 Å². The molecule has 1 saturated carbocycles. The quantitative estimate of drug-likeness (QED) is 0.818. The number of carbonyl (C=O) groups is 1. The van der Waals surface area contributed by atoms with Crippen LogP contribution in [0.4, 0.5) is 8.78 Å². The zero-order valence-corrected chi connectivity index (χ0v) is 10.9. The fourth-order valence-corrected chi connectivity index (χ4v) is 2.11. The average molecular weight is 290 g/mol. The lowest BCUT2D eigenvalue weighted by atomic mass is 10.1. The summed E-state index contributed by atoms with van der Waals surface area (Å²) < 4.78 is 28.8. The summed E-state index contributed by atoms with van der Waals surface area (Å²) in [4.78, 5) is 12.0. The highest BCUT2D eigenvalue weighted by Gasteiger charge is 2.41. The van der Waals surface area contributed by atoms with Crippen molar-refractivity contribution in [2.24, 2.45) is 5.41 Å². The molecule has 0 spiro atoms. The molecule has 1 amide bonds. The highest BCUT2D eigenvalue weighted by atomic mass is 35.5. The van der Waals surface area contributed by atoms with E-state index >= 15 is 0 Å². The number of benzene rings is 1. The Morgan fingerprint density at radius 2 is 2.11 bits per heavy atom. The van der Waals surface area contributed by atoms with E-state index < -0.39 is 12.5 Å². The minimum absolute atomic E-state index is 0.0181. The summed E-state index contributed by atoms with van der Waals surface area (Å²) in [6.07, 6.45) is 1.96. The Hall–Kier alpha value is -1.36. The predicted octanol–water partition coefficient (Wildman–Crippen LogP) is 3.04. The summed E-state index contributed by atoms with van der Waals surface area (Å²) in [6, 6.07) is 5.93. The van der Waals surface area contributed by atoms with Gasteiger partial charge >= 0.3 is 6.61 Å². The summed E-state index contributed by atoms with van der Waals surface area (Å²) in [5, 5.41) is 2.72. The van der Waals surface area contributed by atoms with Gasteiger partial charge in [-0.1, -0.05) is 12.1 Å². The van der Waals surface area contributed by atoms with Gasteiger partial charge in [-0.15, -0.1) is 11.6 Å². The van der Waals surface area contributed by atoms with Crippen molar-refractivity contribution in [3.8, 4) is 5.75 Å². The van der Waals surface area contributed by atoms with Crippen LogP contribution in [0, 0.1) is 5.41 Å². The van der Waals surface area contributed by atoms with Crippen molar-refractivity contribution in [2.45, 2.75) is 19.5 Å². The van der Waals surface area contributed by atoms with Crippen molar-refractivity contribution in [3.05, 3.63) is 29.8 Å². The van der Waals surface area contributed by atoms with Crippen molar-refractivity contribution in [1.82, 2.24) is 5.32 Å². The number of hydrogen-bond acceptors (Lipinski definition) is 2. The molecule has 0 aliphatic heterocycles. The standard InChI is InChI=1S/C13H14ClF2NO2/c14-7-13(5-6-13)8-17-11(18)9-3-1-2-4-10(9)19-12(15)16/h1-4,12H,5-8H2,(H,17,18). The van der Waals surface area contributed by atoms with E-state index in [0.717, 1.165) is 12.8 Å². The first-order valence-electron chi connectivity index (χ1n) is 5.94. The van der Waals surface area contributed by atoms with Gasteiger partial charge in [0.05, 0.1) is 5.56 Å². The van der Waals surface area contributed by atoms with Gasteiger partial charge in [0.1, 0.15) is 5.75 Å². The van der Waals surface area contributed by atoms with E-state index in [9.17, 15) is 13.6 Å². The van der Waals surface area contributed by atoms with Crippen LogP contribution >= 0.6 is 11.6 Å². The molecule has 1 fully saturated rings. The third-order valence-electron chi connectivity index (χ3n) is 3.21. The van der Waals surface area contributed by atoms with Gasteiger partial charge in [0.25, 0.3) is 5.91 Å². The van der Waals surface area contributed by atoms with Gasteiger partial charge in [-0.3, -0.25) is 4.79 Å². The molecule has 1 aliphatic carbocycles. The first kappa shape index (κ1) is 14.1. The Kier molecular flexibility index (Phi) is 4.24. The zero-order chi connectivity index (χ0) is 13.9. The maximum Gasteiger partial charge on any atom is 0.387 e. The Morgan fingerprint density at radius 1 is 1.42 bits per heavy atom. The Balaban J connectivity index is 2.02. The topological polar surface area (TPSA) is 38.3 Å². The third kappa shape index (κ3) is 3.56. The lowest BCUT2D eigenvalue weighted by Gasteiger charge is -2.14. The SMILES string of the molecule is O=C(NCC1(CCl)CC1)c1ccccc1OC(F)F. The number of nitrogens with one attached hydrogen (secondary N) is 1. The molecule has 19 heavy (non-hydrogen) atoms. The number of hydrogen-bond donors (Lipinski definition) is 1. The molecule has 104 valence electrons. The highest BCUT2D eigenvalue weighted by molar-refractivity contribution is 6.18. The van der Waals surface area contributed by atoms with E-state index in [1.54, 1.807) is 6.07 Å². The number of rotatable bonds is 6. The number of halogens is 3. The number of para-hydroxylation sites is 1. The second-order valence-electron chi connectivity index (χ2n) is 4.69. The lowest BCUT2D eigenvalue weighted by Crippen LogP contribution is -2.31. The van der Waals surface area contributed by atoms with Crippen LogP contribution in [0.2, 0.25) is 0 Å². The largest absolute Gasteiger partial charge is 0.434 e. The molecule has 1 aromatic carbocycles. The molecular weight excluding hydrogens is 276 g/mol. The van der Waals surface area contributed by atoms with Crippen molar-refractivity contribution in [2.75, 3.05) is 12.4 Å². The van der Waals surface area contributed by atoms with E-state index in [-0.39, 0.29) is 16.7 Å². The third-order valence-corrected chi connectivity index (χ3v) is 3.78. The van der Waals surface area contributed by atoms with E-state index in [0.29, 0.717) is 12.4 Å². The molecule has 1 N–H and O–H groups in total. The molecule has 6 heteroatoms. The summed E-state index contributed by atoms with van der Waals surface area (Å²) in [7, 11) is 0. The molecule has 1 aromatic rings. The van der Waals surface area contributed by atoms with Crippen LogP contribution in [0.25, 0.3) is 0 Å². The molecule has 0 radical (unpaired) electrons. The summed E-state index contributed by atoms with van der Waals surface area (Å²) in [5.41, 5.74) is 0.0867. The van der Waals surface area contributed by atoms with E-state index in [1.807, 2.05) is 0 Å². The molecular formula is C13H14ClF2NO2. The molecule has 0 heterocycles. The van der Waals surface area contributed by atoms with Gasteiger partial charge in [0.15, 0.2) is 0 Å². The van der Waals surface area contributed by atoms with Gasteiger partial charge in [-0.25, -0.2) is 0 Å². The van der Waals surface area contributed by atoms with Crippen LogP contribution in [0.1, 0.15) is 23.2 Å². The Labute approximate surface area is 114 Å². The van der Waals surface area contributed by atoms with Crippen LogP contribution < -0.4 is 10.1 Å². The molecule has 3 nitrogen and oxygen atoms in total. The van der Waals surface area contributed by atoms with Crippen LogP contribution in [0.15, 0.2) is 24.3 Å². The molecule has 0 unspecified atom stereocenters. The zero-order valence-electron chi connectivity index (χ0n) is 10.2. The molecule has 2 rings (SSSR count). The van der Waals surface area contributed by atoms with Crippen molar-refractivity contribution in [3.63, 3.8) is 0 Å². The van der Waals surface area contributed by atoms with Gasteiger partial charge in [-0.2, -0.15) is 8.78 Å².